The molecule has 128 valence electrons. The summed E-state index contributed by atoms with van der Waals surface area (Å²) < 4.78 is 0. The van der Waals surface area contributed by atoms with Crippen LogP contribution in [-0.2, 0) is 4.79 Å². The van der Waals surface area contributed by atoms with E-state index in [1.54, 1.807) is 11.2 Å². The summed E-state index contributed by atoms with van der Waals surface area (Å²) in [5.74, 6) is 5.81. The molecule has 0 atom stereocenters. The summed E-state index contributed by atoms with van der Waals surface area (Å²) in [7, 11) is 0. The molecule has 0 saturated heterocycles. The van der Waals surface area contributed by atoms with E-state index in [2.05, 4.69) is 27.5 Å². The Bertz CT molecular complexity index is 1060. The molecule has 1 aromatic heterocycles. The molecule has 0 spiro atoms. The van der Waals surface area contributed by atoms with E-state index in [1.807, 2.05) is 48.5 Å². The van der Waals surface area contributed by atoms with Crippen molar-refractivity contribution < 1.29 is 4.79 Å². The number of nitrogens with one attached hydrogen (secondary N) is 2. The molecular formula is C20H17N5O. The fourth-order valence-electron chi connectivity index (χ4n) is 2.86. The van der Waals surface area contributed by atoms with Gasteiger partial charge < -0.3 is 10.7 Å². The van der Waals surface area contributed by atoms with Crippen LogP contribution >= 0.6 is 0 Å². The van der Waals surface area contributed by atoms with Gasteiger partial charge in [0, 0.05) is 34.8 Å². The molecular weight excluding hydrogens is 326 g/mol. The fourth-order valence-corrected chi connectivity index (χ4v) is 2.86. The number of hydrogen-bond donors (Lipinski definition) is 3. The van der Waals surface area contributed by atoms with Crippen LogP contribution in [0.4, 0.5) is 0 Å². The zero-order chi connectivity index (χ0) is 17.9. The van der Waals surface area contributed by atoms with Gasteiger partial charge in [-0.2, -0.15) is 5.10 Å². The first-order chi connectivity index (χ1) is 12.7. The number of nitrogens with two attached hydrogens (primary N) is 1. The van der Waals surface area contributed by atoms with E-state index in [0.29, 0.717) is 18.7 Å². The van der Waals surface area contributed by atoms with Gasteiger partial charge in [-0.3, -0.25) is 9.89 Å². The van der Waals surface area contributed by atoms with Gasteiger partial charge in [-0.1, -0.05) is 42.2 Å². The largest absolute Gasteiger partial charge is 0.366 e. The molecule has 0 saturated carbocycles. The van der Waals surface area contributed by atoms with Crippen molar-refractivity contribution in [1.29, 1.82) is 0 Å². The number of fused-ring (bicyclic) bond motifs is 1. The number of hydrazine groups is 1. The Hall–Kier alpha value is -3.56. The van der Waals surface area contributed by atoms with Crippen molar-refractivity contribution in [2.45, 2.75) is 0 Å². The maximum absolute atomic E-state index is 11.1. The summed E-state index contributed by atoms with van der Waals surface area (Å²) >= 11 is 0. The van der Waals surface area contributed by atoms with Crippen LogP contribution in [0.5, 0.6) is 0 Å². The molecule has 3 aromatic rings. The normalized spacial score (nSPS) is 13.4. The van der Waals surface area contributed by atoms with Crippen molar-refractivity contribution in [2.24, 2.45) is 5.73 Å². The van der Waals surface area contributed by atoms with Crippen molar-refractivity contribution in [2.75, 3.05) is 13.1 Å². The molecule has 26 heavy (non-hydrogen) atoms. The first-order valence-corrected chi connectivity index (χ1v) is 8.24. The highest BCUT2D eigenvalue weighted by Crippen LogP contribution is 2.26. The maximum Gasteiger partial charge on any atom is 0.247 e. The number of nitrogens with zero attached hydrogens (tertiary/aromatic N) is 2. The number of hydrogen-bond acceptors (Lipinski definition) is 4. The second kappa shape index (κ2) is 6.75. The van der Waals surface area contributed by atoms with E-state index in [-0.39, 0.29) is 0 Å². The van der Waals surface area contributed by atoms with Gasteiger partial charge in [0.2, 0.25) is 5.91 Å². The van der Waals surface area contributed by atoms with E-state index in [1.165, 1.54) is 0 Å². The van der Waals surface area contributed by atoms with Gasteiger partial charge in [0.05, 0.1) is 17.8 Å². The number of primary amides is 1. The van der Waals surface area contributed by atoms with Crippen LogP contribution in [0, 0.1) is 11.8 Å². The van der Waals surface area contributed by atoms with Crippen molar-refractivity contribution in [3.05, 3.63) is 65.9 Å². The molecule has 6 heteroatoms. The molecule has 0 bridgehead atoms. The van der Waals surface area contributed by atoms with E-state index in [4.69, 9.17) is 5.73 Å². The van der Waals surface area contributed by atoms with Crippen LogP contribution in [0.1, 0.15) is 5.56 Å². The number of carbonyl (C=O) groups excluding carboxylic acids is 1. The summed E-state index contributed by atoms with van der Waals surface area (Å²) in [4.78, 5) is 11.1. The van der Waals surface area contributed by atoms with Crippen molar-refractivity contribution in [3.8, 4) is 23.1 Å². The third-order valence-corrected chi connectivity index (χ3v) is 4.19. The van der Waals surface area contributed by atoms with Crippen molar-refractivity contribution >= 4 is 16.8 Å². The van der Waals surface area contributed by atoms with Crippen LogP contribution < -0.4 is 11.2 Å². The minimum absolute atomic E-state index is 0.410. The second-order valence-electron chi connectivity index (χ2n) is 5.98. The van der Waals surface area contributed by atoms with Gasteiger partial charge in [0.25, 0.3) is 0 Å². The van der Waals surface area contributed by atoms with Crippen LogP contribution in [0.3, 0.4) is 0 Å². The van der Waals surface area contributed by atoms with Crippen LogP contribution in [0.15, 0.2) is 60.3 Å². The van der Waals surface area contributed by atoms with Gasteiger partial charge in [0.1, 0.15) is 0 Å². The summed E-state index contributed by atoms with van der Waals surface area (Å²) in [6.45, 7) is 0.909. The molecule has 2 aromatic carbocycles. The van der Waals surface area contributed by atoms with E-state index in [9.17, 15) is 4.79 Å². The predicted molar refractivity (Wildman–Crippen MR) is 100 cm³/mol. The molecule has 0 aliphatic carbocycles. The maximum atomic E-state index is 11.1. The standard InChI is InChI=1S/C20H17N5O/c21-20(26)16-12-22-25(13-16)10-4-5-14-8-9-17-18(11-14)23-24-19(17)15-6-2-1-3-7-15/h1-3,6-9,11,13,22H,10,12H2,(H2,21,26)(H,23,24). The molecule has 4 rings (SSSR count). The van der Waals surface area contributed by atoms with E-state index < -0.39 is 5.91 Å². The lowest BCUT2D eigenvalue weighted by Gasteiger charge is -2.10. The monoisotopic (exact) mass is 343 g/mol. The Balaban J connectivity index is 1.52. The van der Waals surface area contributed by atoms with Gasteiger partial charge in [-0.15, -0.1) is 0 Å². The Morgan fingerprint density at radius 3 is 2.85 bits per heavy atom. The molecule has 2 heterocycles. The van der Waals surface area contributed by atoms with Gasteiger partial charge in [-0.25, -0.2) is 5.43 Å². The van der Waals surface area contributed by atoms with Crippen LogP contribution in [0.2, 0.25) is 0 Å². The summed E-state index contributed by atoms with van der Waals surface area (Å²) in [5.41, 5.74) is 12.7. The Morgan fingerprint density at radius 2 is 2.08 bits per heavy atom. The lowest BCUT2D eigenvalue weighted by atomic mass is 10.1. The van der Waals surface area contributed by atoms with Crippen molar-refractivity contribution in [1.82, 2.24) is 20.6 Å². The molecule has 1 aliphatic heterocycles. The van der Waals surface area contributed by atoms with Crippen LogP contribution in [-0.4, -0.2) is 34.2 Å². The minimum atomic E-state index is -0.410. The van der Waals surface area contributed by atoms with E-state index in [0.717, 1.165) is 27.7 Å². The minimum Gasteiger partial charge on any atom is -0.366 e. The lowest BCUT2D eigenvalue weighted by molar-refractivity contribution is -0.114. The zero-order valence-electron chi connectivity index (χ0n) is 14.0. The zero-order valence-corrected chi connectivity index (χ0v) is 14.0. The van der Waals surface area contributed by atoms with Gasteiger partial charge in [-0.05, 0) is 18.2 Å². The third-order valence-electron chi connectivity index (χ3n) is 4.19. The Kier molecular flexibility index (Phi) is 4.14. The van der Waals surface area contributed by atoms with Crippen molar-refractivity contribution in [3.63, 3.8) is 0 Å². The Morgan fingerprint density at radius 1 is 1.23 bits per heavy atom. The predicted octanol–water partition coefficient (Wildman–Crippen LogP) is 1.77. The van der Waals surface area contributed by atoms with Gasteiger partial charge >= 0.3 is 0 Å². The fraction of sp³-hybridized carbons (Fsp3) is 0.100. The molecule has 4 N–H and O–H groups in total. The third kappa shape index (κ3) is 3.16. The van der Waals surface area contributed by atoms with E-state index >= 15 is 0 Å². The number of amides is 1. The summed E-state index contributed by atoms with van der Waals surface area (Å²) in [5, 5.41) is 10.3. The Labute approximate surface area is 150 Å². The smallest absolute Gasteiger partial charge is 0.247 e. The molecule has 0 fully saturated rings. The highest BCUT2D eigenvalue weighted by atomic mass is 16.1. The number of benzene rings is 2. The number of H-pyrrole nitrogens is 1. The highest BCUT2D eigenvalue weighted by molar-refractivity contribution is 5.93. The molecule has 0 radical (unpaired) electrons. The topological polar surface area (TPSA) is 87.0 Å². The first kappa shape index (κ1) is 15.9. The quantitative estimate of drug-likeness (QED) is 0.633. The molecule has 6 nitrogen and oxygen atoms in total. The second-order valence-corrected chi connectivity index (χ2v) is 5.98. The van der Waals surface area contributed by atoms with Gasteiger partial charge in [0.15, 0.2) is 0 Å². The number of rotatable bonds is 3. The number of aromatic amines is 1. The number of carbonyl (C=O) groups is 1. The molecule has 0 unspecified atom stereocenters. The summed E-state index contributed by atoms with van der Waals surface area (Å²) in [6, 6.07) is 16.1. The SMILES string of the molecule is NC(=O)C1=CN(CC#Cc2ccc3c(-c4ccccc4)n[nH]c3c2)NC1. The molecule has 1 aliphatic rings. The lowest BCUT2D eigenvalue weighted by Crippen LogP contribution is -2.29. The average molecular weight is 343 g/mol. The first-order valence-electron chi connectivity index (χ1n) is 8.24. The van der Waals surface area contributed by atoms with Crippen LogP contribution in [0.25, 0.3) is 22.2 Å². The summed E-state index contributed by atoms with van der Waals surface area (Å²) in [6.07, 6.45) is 1.70. The molecule has 1 amide bonds. The number of aromatic nitrogens is 2. The average Bonchev–Trinajstić information content (AvgIpc) is 3.29. The highest BCUT2D eigenvalue weighted by Gasteiger charge is 2.14.